The molecule has 0 spiro atoms. The van der Waals surface area contributed by atoms with Crippen LogP contribution in [-0.4, -0.2) is 17.5 Å². The molecular formula is C14H8Cl2O4. The molecule has 0 amide bonds. The molecule has 0 atom stereocenters. The molecule has 0 bridgehead atoms. The van der Waals surface area contributed by atoms with Gasteiger partial charge < -0.3 is 9.84 Å². The fraction of sp³-hybridized carbons (Fsp3) is 0. The molecule has 0 aromatic heterocycles. The summed E-state index contributed by atoms with van der Waals surface area (Å²) in [4.78, 5) is 21.8. The monoisotopic (exact) mass is 310 g/mol. The molecule has 2 aromatic rings. The Labute approximate surface area is 124 Å². The molecule has 6 heteroatoms. The van der Waals surface area contributed by atoms with E-state index in [0.29, 0.717) is 21.2 Å². The summed E-state index contributed by atoms with van der Waals surface area (Å²) in [5.41, 5.74) is 0.737. The van der Waals surface area contributed by atoms with Crippen LogP contribution in [0, 0.1) is 0 Å². The molecule has 102 valence electrons. The van der Waals surface area contributed by atoms with Crippen LogP contribution in [-0.2, 0) is 4.79 Å². The fourth-order valence-electron chi connectivity index (χ4n) is 1.79. The Morgan fingerprint density at radius 3 is 2.25 bits per heavy atom. The number of rotatable bonds is 4. The van der Waals surface area contributed by atoms with Crippen molar-refractivity contribution in [2.75, 3.05) is 0 Å². The van der Waals surface area contributed by atoms with Crippen LogP contribution in [0.5, 0.6) is 5.75 Å². The summed E-state index contributed by atoms with van der Waals surface area (Å²) in [5.74, 6) is -0.914. The van der Waals surface area contributed by atoms with E-state index in [4.69, 9.17) is 27.9 Å². The van der Waals surface area contributed by atoms with Crippen molar-refractivity contribution in [3.8, 4) is 16.9 Å². The highest BCUT2D eigenvalue weighted by molar-refractivity contribution is 6.31. The van der Waals surface area contributed by atoms with Crippen molar-refractivity contribution in [3.05, 3.63) is 52.0 Å². The number of carboxylic acid groups (broad SMARTS) is 1. The minimum absolute atomic E-state index is 0.0346. The summed E-state index contributed by atoms with van der Waals surface area (Å²) in [5, 5.41) is 9.97. The zero-order valence-corrected chi connectivity index (χ0v) is 11.5. The fourth-order valence-corrected chi connectivity index (χ4v) is 2.14. The first-order valence-corrected chi connectivity index (χ1v) is 6.21. The lowest BCUT2D eigenvalue weighted by Gasteiger charge is -2.11. The smallest absolute Gasteiger partial charge is 0.336 e. The van der Waals surface area contributed by atoms with E-state index in [1.54, 1.807) is 0 Å². The second-order valence-corrected chi connectivity index (χ2v) is 4.72. The number of carboxylic acids is 1. The quantitative estimate of drug-likeness (QED) is 0.870. The standard InChI is InChI=1S/C14H8Cl2O4/c15-8-1-3-10(14(18)19)11(5-8)12-6-9(16)2-4-13(12)20-7-17/h1-7H,(H,18,19). The van der Waals surface area contributed by atoms with Gasteiger partial charge in [-0.2, -0.15) is 0 Å². The van der Waals surface area contributed by atoms with Gasteiger partial charge in [0, 0.05) is 21.2 Å². The van der Waals surface area contributed by atoms with Crippen molar-refractivity contribution in [3.63, 3.8) is 0 Å². The number of hydrogen-bond donors (Lipinski definition) is 1. The highest BCUT2D eigenvalue weighted by Crippen LogP contribution is 2.36. The van der Waals surface area contributed by atoms with Crippen molar-refractivity contribution in [1.82, 2.24) is 0 Å². The van der Waals surface area contributed by atoms with Gasteiger partial charge in [0.2, 0.25) is 0 Å². The lowest BCUT2D eigenvalue weighted by molar-refractivity contribution is -0.120. The molecule has 0 saturated heterocycles. The van der Waals surface area contributed by atoms with E-state index in [1.165, 1.54) is 36.4 Å². The van der Waals surface area contributed by atoms with Gasteiger partial charge in [-0.25, -0.2) is 4.79 Å². The van der Waals surface area contributed by atoms with E-state index in [-0.39, 0.29) is 17.8 Å². The van der Waals surface area contributed by atoms with Gasteiger partial charge in [-0.1, -0.05) is 23.2 Å². The van der Waals surface area contributed by atoms with Crippen molar-refractivity contribution >= 4 is 35.6 Å². The molecule has 0 fully saturated rings. The first-order chi connectivity index (χ1) is 9.52. The van der Waals surface area contributed by atoms with E-state index in [2.05, 4.69) is 0 Å². The van der Waals surface area contributed by atoms with E-state index in [0.717, 1.165) is 0 Å². The van der Waals surface area contributed by atoms with Crippen molar-refractivity contribution in [2.24, 2.45) is 0 Å². The van der Waals surface area contributed by atoms with Gasteiger partial charge in [-0.15, -0.1) is 0 Å². The second kappa shape index (κ2) is 5.94. The van der Waals surface area contributed by atoms with Crippen LogP contribution < -0.4 is 4.74 Å². The van der Waals surface area contributed by atoms with E-state index in [1.807, 2.05) is 0 Å². The molecular weight excluding hydrogens is 303 g/mol. The van der Waals surface area contributed by atoms with Crippen LogP contribution >= 0.6 is 23.2 Å². The first-order valence-electron chi connectivity index (χ1n) is 5.46. The van der Waals surface area contributed by atoms with E-state index in [9.17, 15) is 14.7 Å². The molecule has 2 rings (SSSR count). The molecule has 20 heavy (non-hydrogen) atoms. The van der Waals surface area contributed by atoms with Gasteiger partial charge in [0.05, 0.1) is 5.56 Å². The molecule has 0 saturated carbocycles. The molecule has 0 heterocycles. The Morgan fingerprint density at radius 2 is 1.65 bits per heavy atom. The van der Waals surface area contributed by atoms with Crippen LogP contribution in [0.1, 0.15) is 10.4 Å². The summed E-state index contributed by atoms with van der Waals surface area (Å²) < 4.78 is 4.85. The molecule has 2 aromatic carbocycles. The zero-order chi connectivity index (χ0) is 14.7. The molecule has 0 aliphatic carbocycles. The Balaban J connectivity index is 2.72. The molecule has 0 radical (unpaired) electrons. The predicted molar refractivity (Wildman–Crippen MR) is 75.5 cm³/mol. The van der Waals surface area contributed by atoms with Crippen molar-refractivity contribution in [2.45, 2.75) is 0 Å². The summed E-state index contributed by atoms with van der Waals surface area (Å²) in [6.07, 6.45) is 0. The second-order valence-electron chi connectivity index (χ2n) is 3.85. The first kappa shape index (κ1) is 14.4. The molecule has 0 aliphatic rings. The Kier molecular flexibility index (Phi) is 4.27. The van der Waals surface area contributed by atoms with Crippen molar-refractivity contribution in [1.29, 1.82) is 0 Å². The normalized spacial score (nSPS) is 10.1. The Hall–Kier alpha value is -2.04. The number of carbonyl (C=O) groups excluding carboxylic acids is 1. The summed E-state index contributed by atoms with van der Waals surface area (Å²) >= 11 is 11.8. The highest BCUT2D eigenvalue weighted by Gasteiger charge is 2.16. The average molecular weight is 311 g/mol. The lowest BCUT2D eigenvalue weighted by atomic mass is 9.99. The highest BCUT2D eigenvalue weighted by atomic mass is 35.5. The zero-order valence-electron chi connectivity index (χ0n) is 9.97. The maximum Gasteiger partial charge on any atom is 0.336 e. The van der Waals surface area contributed by atoms with Gasteiger partial charge in [0.1, 0.15) is 5.75 Å². The van der Waals surface area contributed by atoms with Crippen LogP contribution in [0.15, 0.2) is 36.4 Å². The Bertz CT molecular complexity index is 683. The number of carbonyl (C=O) groups is 2. The molecule has 0 aliphatic heterocycles. The number of hydrogen-bond acceptors (Lipinski definition) is 3. The number of halogens is 2. The Morgan fingerprint density at radius 1 is 1.05 bits per heavy atom. The van der Waals surface area contributed by atoms with Crippen LogP contribution in [0.4, 0.5) is 0 Å². The third-order valence-corrected chi connectivity index (χ3v) is 3.09. The summed E-state index contributed by atoms with van der Waals surface area (Å²) in [6.45, 7) is 0.262. The van der Waals surface area contributed by atoms with Gasteiger partial charge in [0.25, 0.3) is 6.47 Å². The van der Waals surface area contributed by atoms with Crippen LogP contribution in [0.3, 0.4) is 0 Å². The van der Waals surface area contributed by atoms with Crippen LogP contribution in [0.25, 0.3) is 11.1 Å². The lowest BCUT2D eigenvalue weighted by Crippen LogP contribution is -2.01. The minimum atomic E-state index is -1.12. The van der Waals surface area contributed by atoms with E-state index >= 15 is 0 Å². The maximum atomic E-state index is 11.3. The molecule has 4 nitrogen and oxygen atoms in total. The largest absolute Gasteiger partial charge is 0.478 e. The average Bonchev–Trinajstić information content (AvgIpc) is 2.40. The van der Waals surface area contributed by atoms with Gasteiger partial charge in [0.15, 0.2) is 0 Å². The number of ether oxygens (including phenoxy) is 1. The summed E-state index contributed by atoms with van der Waals surface area (Å²) in [6, 6.07) is 8.87. The topological polar surface area (TPSA) is 63.6 Å². The van der Waals surface area contributed by atoms with E-state index < -0.39 is 5.97 Å². The third kappa shape index (κ3) is 2.92. The summed E-state index contributed by atoms with van der Waals surface area (Å²) in [7, 11) is 0. The number of benzene rings is 2. The minimum Gasteiger partial charge on any atom is -0.478 e. The van der Waals surface area contributed by atoms with Crippen LogP contribution in [0.2, 0.25) is 10.0 Å². The number of aromatic carboxylic acids is 1. The van der Waals surface area contributed by atoms with Gasteiger partial charge in [-0.05, 0) is 36.4 Å². The maximum absolute atomic E-state index is 11.3. The third-order valence-electron chi connectivity index (χ3n) is 2.62. The molecule has 1 N–H and O–H groups in total. The van der Waals surface area contributed by atoms with Gasteiger partial charge >= 0.3 is 5.97 Å². The predicted octanol–water partition coefficient (Wildman–Crippen LogP) is 3.89. The SMILES string of the molecule is O=COc1ccc(Cl)cc1-c1cc(Cl)ccc1C(=O)O. The van der Waals surface area contributed by atoms with Gasteiger partial charge in [-0.3, -0.25) is 4.79 Å². The van der Waals surface area contributed by atoms with Crippen molar-refractivity contribution < 1.29 is 19.4 Å². The molecule has 0 unspecified atom stereocenters.